The van der Waals surface area contributed by atoms with Crippen LogP contribution in [0.2, 0.25) is 0 Å². The van der Waals surface area contributed by atoms with E-state index in [9.17, 15) is 18.0 Å². The number of carbonyl (C=O) groups is 1. The van der Waals surface area contributed by atoms with Crippen LogP contribution in [0.3, 0.4) is 0 Å². The van der Waals surface area contributed by atoms with Gasteiger partial charge in [0.15, 0.2) is 0 Å². The minimum Gasteiger partial charge on any atom is -0.319 e. The molecular weight excluding hydrogens is 429 g/mol. The summed E-state index contributed by atoms with van der Waals surface area (Å²) in [4.78, 5) is 26.4. The molecule has 4 rings (SSSR count). The van der Waals surface area contributed by atoms with Crippen molar-refractivity contribution in [3.63, 3.8) is 0 Å². The van der Waals surface area contributed by atoms with E-state index in [4.69, 9.17) is 0 Å². The summed E-state index contributed by atoms with van der Waals surface area (Å²) in [6.07, 6.45) is 4.39. The van der Waals surface area contributed by atoms with Gasteiger partial charge in [-0.25, -0.2) is 23.1 Å². The Balaban J connectivity index is 1.74. The second-order valence-electron chi connectivity index (χ2n) is 8.67. The first-order valence-electron chi connectivity index (χ1n) is 11.0. The Labute approximate surface area is 190 Å². The summed E-state index contributed by atoms with van der Waals surface area (Å²) >= 11 is 0. The Morgan fingerprint density at radius 1 is 1.03 bits per heavy atom. The van der Waals surface area contributed by atoms with Gasteiger partial charge in [-0.3, -0.25) is 9.78 Å². The SMILES string of the molecule is CC(C)c1ncc(NC(=O)c2c(-c3ccccc3F)ccnc2C2CCC(F)(F)CC2)cn1. The van der Waals surface area contributed by atoms with Crippen molar-refractivity contribution in [3.05, 3.63) is 71.8 Å². The van der Waals surface area contributed by atoms with Gasteiger partial charge in [0.25, 0.3) is 5.91 Å². The molecule has 3 aromatic rings. The summed E-state index contributed by atoms with van der Waals surface area (Å²) in [7, 11) is 0. The lowest BCUT2D eigenvalue weighted by molar-refractivity contribution is -0.0385. The van der Waals surface area contributed by atoms with E-state index in [0.717, 1.165) is 0 Å². The van der Waals surface area contributed by atoms with Gasteiger partial charge in [0.2, 0.25) is 5.92 Å². The highest BCUT2D eigenvalue weighted by atomic mass is 19.3. The minimum absolute atomic E-state index is 0.136. The number of nitrogens with zero attached hydrogens (tertiary/aromatic N) is 3. The molecule has 5 nitrogen and oxygen atoms in total. The summed E-state index contributed by atoms with van der Waals surface area (Å²) in [6, 6.07) is 7.72. The monoisotopic (exact) mass is 454 g/mol. The quantitative estimate of drug-likeness (QED) is 0.488. The minimum atomic E-state index is -2.71. The highest BCUT2D eigenvalue weighted by Crippen LogP contribution is 2.42. The lowest BCUT2D eigenvalue weighted by atomic mass is 9.81. The molecule has 1 saturated carbocycles. The number of amides is 1. The van der Waals surface area contributed by atoms with E-state index < -0.39 is 17.6 Å². The summed E-state index contributed by atoms with van der Waals surface area (Å²) in [5.41, 5.74) is 1.59. The summed E-state index contributed by atoms with van der Waals surface area (Å²) in [5.74, 6) is -3.24. The van der Waals surface area contributed by atoms with E-state index in [1.165, 1.54) is 24.7 Å². The molecule has 1 N–H and O–H groups in total. The maximum atomic E-state index is 14.7. The number of rotatable bonds is 5. The van der Waals surface area contributed by atoms with Crippen molar-refractivity contribution in [2.75, 3.05) is 5.32 Å². The van der Waals surface area contributed by atoms with E-state index in [1.54, 1.807) is 24.3 Å². The number of hydrogen-bond donors (Lipinski definition) is 1. The predicted molar refractivity (Wildman–Crippen MR) is 120 cm³/mol. The molecule has 2 aromatic heterocycles. The van der Waals surface area contributed by atoms with Gasteiger partial charge >= 0.3 is 0 Å². The second-order valence-corrected chi connectivity index (χ2v) is 8.67. The molecule has 0 saturated heterocycles. The lowest BCUT2D eigenvalue weighted by Crippen LogP contribution is -2.26. The Morgan fingerprint density at radius 3 is 2.33 bits per heavy atom. The van der Waals surface area contributed by atoms with Gasteiger partial charge in [0, 0.05) is 42.0 Å². The Morgan fingerprint density at radius 2 is 1.70 bits per heavy atom. The molecule has 0 aliphatic heterocycles. The smallest absolute Gasteiger partial charge is 0.258 e. The molecule has 0 atom stereocenters. The number of pyridine rings is 1. The number of nitrogens with one attached hydrogen (secondary N) is 1. The van der Waals surface area contributed by atoms with Gasteiger partial charge < -0.3 is 5.32 Å². The molecule has 0 spiro atoms. The molecule has 33 heavy (non-hydrogen) atoms. The van der Waals surface area contributed by atoms with E-state index in [2.05, 4.69) is 20.3 Å². The van der Waals surface area contributed by atoms with Crippen molar-refractivity contribution in [1.29, 1.82) is 0 Å². The predicted octanol–water partition coefficient (Wildman–Crippen LogP) is 6.35. The van der Waals surface area contributed by atoms with Gasteiger partial charge in [-0.2, -0.15) is 0 Å². The first-order valence-corrected chi connectivity index (χ1v) is 11.0. The number of hydrogen-bond acceptors (Lipinski definition) is 4. The third-order valence-corrected chi connectivity index (χ3v) is 5.92. The molecule has 8 heteroatoms. The fourth-order valence-electron chi connectivity index (χ4n) is 4.14. The normalized spacial score (nSPS) is 16.1. The third-order valence-electron chi connectivity index (χ3n) is 5.92. The number of aromatic nitrogens is 3. The van der Waals surface area contributed by atoms with Crippen LogP contribution in [0.4, 0.5) is 18.9 Å². The average Bonchev–Trinajstić information content (AvgIpc) is 2.79. The zero-order valence-electron chi connectivity index (χ0n) is 18.5. The van der Waals surface area contributed by atoms with E-state index in [0.29, 0.717) is 22.8 Å². The Bertz CT molecular complexity index is 1140. The van der Waals surface area contributed by atoms with Crippen LogP contribution < -0.4 is 5.32 Å². The van der Waals surface area contributed by atoms with Crippen molar-refractivity contribution < 1.29 is 18.0 Å². The van der Waals surface area contributed by atoms with Crippen molar-refractivity contribution in [1.82, 2.24) is 15.0 Å². The molecule has 172 valence electrons. The summed E-state index contributed by atoms with van der Waals surface area (Å²) in [6.45, 7) is 3.92. The fourth-order valence-corrected chi connectivity index (χ4v) is 4.14. The molecule has 2 heterocycles. The van der Waals surface area contributed by atoms with Crippen LogP contribution in [0.1, 0.15) is 73.2 Å². The van der Waals surface area contributed by atoms with Crippen molar-refractivity contribution >= 4 is 11.6 Å². The van der Waals surface area contributed by atoms with E-state index >= 15 is 0 Å². The van der Waals surface area contributed by atoms with Crippen molar-refractivity contribution in [2.24, 2.45) is 0 Å². The largest absolute Gasteiger partial charge is 0.319 e. The third kappa shape index (κ3) is 5.05. The summed E-state index contributed by atoms with van der Waals surface area (Å²) in [5, 5.41) is 2.78. The molecule has 1 aliphatic carbocycles. The summed E-state index contributed by atoms with van der Waals surface area (Å²) < 4.78 is 42.2. The molecule has 0 bridgehead atoms. The number of carbonyl (C=O) groups excluding carboxylic acids is 1. The molecule has 1 aromatic carbocycles. The van der Waals surface area contributed by atoms with E-state index in [-0.39, 0.29) is 48.6 Å². The van der Waals surface area contributed by atoms with Crippen LogP contribution in [-0.4, -0.2) is 26.8 Å². The molecule has 1 aliphatic rings. The van der Waals surface area contributed by atoms with Gasteiger partial charge in [0.1, 0.15) is 11.6 Å². The van der Waals surface area contributed by atoms with Crippen molar-refractivity contribution in [2.45, 2.75) is 57.3 Å². The van der Waals surface area contributed by atoms with Crippen LogP contribution in [-0.2, 0) is 0 Å². The van der Waals surface area contributed by atoms with Crippen molar-refractivity contribution in [3.8, 4) is 11.1 Å². The lowest BCUT2D eigenvalue weighted by Gasteiger charge is -2.29. The van der Waals surface area contributed by atoms with Gasteiger partial charge in [0.05, 0.1) is 29.3 Å². The highest BCUT2D eigenvalue weighted by Gasteiger charge is 2.37. The molecule has 1 amide bonds. The Kier molecular flexibility index (Phi) is 6.44. The zero-order chi connectivity index (χ0) is 23.6. The molecular formula is C25H25F3N4O. The standard InChI is InChI=1S/C25H25F3N4O/c1-15(2)23-30-13-17(14-31-23)32-24(33)21-19(18-5-3-4-6-20(18)26)9-12-29-22(21)16-7-10-25(27,28)11-8-16/h3-6,9,12-16H,7-8,10-11H2,1-2H3,(H,32,33). The molecule has 0 unspecified atom stereocenters. The first kappa shape index (κ1) is 22.9. The highest BCUT2D eigenvalue weighted by molar-refractivity contribution is 6.09. The second kappa shape index (κ2) is 9.29. The van der Waals surface area contributed by atoms with E-state index in [1.807, 2.05) is 13.8 Å². The van der Waals surface area contributed by atoms with Gasteiger partial charge in [-0.05, 0) is 25.0 Å². The number of alkyl halides is 2. The van der Waals surface area contributed by atoms with Crippen LogP contribution in [0.25, 0.3) is 11.1 Å². The fraction of sp³-hybridized carbons (Fsp3) is 0.360. The van der Waals surface area contributed by atoms with Crippen LogP contribution >= 0.6 is 0 Å². The molecule has 0 radical (unpaired) electrons. The maximum absolute atomic E-state index is 14.7. The van der Waals surface area contributed by atoms with Gasteiger partial charge in [-0.1, -0.05) is 32.0 Å². The number of halogens is 3. The maximum Gasteiger partial charge on any atom is 0.258 e. The first-order chi connectivity index (χ1) is 15.7. The number of anilines is 1. The molecule has 1 fully saturated rings. The van der Waals surface area contributed by atoms with Crippen LogP contribution in [0.15, 0.2) is 48.9 Å². The topological polar surface area (TPSA) is 67.8 Å². The van der Waals surface area contributed by atoms with Crippen LogP contribution in [0.5, 0.6) is 0 Å². The van der Waals surface area contributed by atoms with Gasteiger partial charge in [-0.15, -0.1) is 0 Å². The average molecular weight is 454 g/mol. The number of benzene rings is 1. The van der Waals surface area contributed by atoms with Crippen LogP contribution in [0, 0.1) is 5.82 Å². The Hall–Kier alpha value is -3.29. The zero-order valence-corrected chi connectivity index (χ0v) is 18.5.